The molecular weight excluding hydrogens is 414 g/mol. The lowest BCUT2D eigenvalue weighted by molar-refractivity contribution is -0.116. The van der Waals surface area contributed by atoms with E-state index in [-0.39, 0.29) is 21.8 Å². The molecule has 0 spiro atoms. The van der Waals surface area contributed by atoms with Gasteiger partial charge in [-0.05, 0) is 36.8 Å². The van der Waals surface area contributed by atoms with Crippen molar-refractivity contribution in [3.8, 4) is 0 Å². The van der Waals surface area contributed by atoms with Gasteiger partial charge in [0.05, 0.1) is 36.8 Å². The van der Waals surface area contributed by atoms with E-state index >= 15 is 0 Å². The number of amides is 1. The third-order valence-corrected chi connectivity index (χ3v) is 5.78. The van der Waals surface area contributed by atoms with E-state index in [1.807, 2.05) is 6.92 Å². The fourth-order valence-electron chi connectivity index (χ4n) is 2.41. The molecule has 0 aliphatic carbocycles. The predicted molar refractivity (Wildman–Crippen MR) is 107 cm³/mol. The zero-order valence-electron chi connectivity index (χ0n) is 16.8. The van der Waals surface area contributed by atoms with Gasteiger partial charge in [-0.1, -0.05) is 6.07 Å². The molecule has 0 fully saturated rings. The van der Waals surface area contributed by atoms with Gasteiger partial charge in [0.25, 0.3) is 0 Å². The fourth-order valence-corrected chi connectivity index (χ4v) is 3.61. The van der Waals surface area contributed by atoms with E-state index in [0.717, 1.165) is 42.3 Å². The van der Waals surface area contributed by atoms with Crippen LogP contribution in [0.2, 0.25) is 0 Å². The number of pyridine rings is 1. The molecule has 0 atom stereocenters. The molecule has 1 heterocycles. The number of anilines is 1. The number of aromatic nitrogens is 1. The van der Waals surface area contributed by atoms with Crippen LogP contribution in [0.15, 0.2) is 41.4 Å². The van der Waals surface area contributed by atoms with Crippen LogP contribution >= 0.6 is 0 Å². The Morgan fingerprint density at radius 2 is 1.60 bits per heavy atom. The molecule has 0 aliphatic rings. The highest BCUT2D eigenvalue weighted by Gasteiger charge is 2.26. The summed E-state index contributed by atoms with van der Waals surface area (Å²) >= 11 is 0. The van der Waals surface area contributed by atoms with Gasteiger partial charge >= 0.3 is 11.9 Å². The highest BCUT2D eigenvalue weighted by atomic mass is 32.2. The van der Waals surface area contributed by atoms with Gasteiger partial charge in [-0.2, -0.15) is 4.31 Å². The summed E-state index contributed by atoms with van der Waals surface area (Å²) in [7, 11) is -0.787. The number of sulfonamides is 1. The van der Waals surface area contributed by atoms with Crippen molar-refractivity contribution in [2.75, 3.05) is 33.1 Å². The first-order valence-corrected chi connectivity index (χ1v) is 10.0. The van der Waals surface area contributed by atoms with Gasteiger partial charge in [0.15, 0.2) is 0 Å². The van der Waals surface area contributed by atoms with Crippen LogP contribution < -0.4 is 5.32 Å². The van der Waals surface area contributed by atoms with Crippen LogP contribution in [0, 0.1) is 6.92 Å². The molecular formula is C19H21N3O7S. The normalized spacial score (nSPS) is 11.1. The van der Waals surface area contributed by atoms with Crippen LogP contribution in [-0.2, 0) is 24.3 Å². The van der Waals surface area contributed by atoms with Crippen molar-refractivity contribution in [1.29, 1.82) is 0 Å². The number of carbonyl (C=O) groups is 3. The minimum absolute atomic E-state index is 0.152. The van der Waals surface area contributed by atoms with Crippen molar-refractivity contribution < 1.29 is 32.3 Å². The van der Waals surface area contributed by atoms with Crippen LogP contribution in [-0.4, -0.2) is 63.4 Å². The van der Waals surface area contributed by atoms with Gasteiger partial charge in [-0.3, -0.25) is 4.79 Å². The summed E-state index contributed by atoms with van der Waals surface area (Å²) in [6.45, 7) is 1.32. The number of esters is 2. The number of hydrogen-bond acceptors (Lipinski definition) is 8. The molecule has 0 unspecified atom stereocenters. The molecule has 160 valence electrons. The Bertz CT molecular complexity index is 1030. The number of rotatable bonds is 7. The summed E-state index contributed by atoms with van der Waals surface area (Å²) in [5, 5.41) is 2.50. The first-order chi connectivity index (χ1) is 14.1. The number of ether oxygens (including phenoxy) is 2. The lowest BCUT2D eigenvalue weighted by Gasteiger charge is -2.18. The van der Waals surface area contributed by atoms with Crippen LogP contribution in [0.5, 0.6) is 0 Å². The van der Waals surface area contributed by atoms with Crippen LogP contribution in [0.4, 0.5) is 5.82 Å². The van der Waals surface area contributed by atoms with E-state index in [4.69, 9.17) is 0 Å². The molecule has 11 heteroatoms. The Kier molecular flexibility index (Phi) is 7.24. The standard InChI is InChI=1S/C19H21N3O7S/c1-12-5-6-16(20-10-12)21-17(23)11-22(2)30(26,27)15-8-13(18(24)28-3)7-14(9-15)19(25)29-4/h5-10H,11H2,1-4H3,(H,20,21,23). The SMILES string of the molecule is COC(=O)c1cc(C(=O)OC)cc(S(=O)(=O)N(C)CC(=O)Nc2ccc(C)cn2)c1. The number of aryl methyl sites for hydroxylation is 1. The molecule has 1 amide bonds. The Balaban J connectivity index is 2.29. The first kappa shape index (κ1) is 23.0. The summed E-state index contributed by atoms with van der Waals surface area (Å²) in [5.41, 5.74) is 0.598. The lowest BCUT2D eigenvalue weighted by atomic mass is 10.1. The van der Waals surface area contributed by atoms with E-state index in [1.165, 1.54) is 7.05 Å². The summed E-state index contributed by atoms with van der Waals surface area (Å²) in [4.78, 5) is 39.6. The fraction of sp³-hybridized carbons (Fsp3) is 0.263. The third kappa shape index (κ3) is 5.39. The van der Waals surface area contributed by atoms with Crippen molar-refractivity contribution in [3.63, 3.8) is 0 Å². The average molecular weight is 435 g/mol. The van der Waals surface area contributed by atoms with Crippen molar-refractivity contribution in [3.05, 3.63) is 53.2 Å². The zero-order chi connectivity index (χ0) is 22.5. The van der Waals surface area contributed by atoms with Crippen molar-refractivity contribution in [2.45, 2.75) is 11.8 Å². The Labute approximate surface area is 173 Å². The molecule has 0 saturated carbocycles. The van der Waals surface area contributed by atoms with E-state index in [1.54, 1.807) is 18.3 Å². The number of nitrogens with zero attached hydrogens (tertiary/aromatic N) is 2. The number of hydrogen-bond donors (Lipinski definition) is 1. The predicted octanol–water partition coefficient (Wildman–Crippen LogP) is 1.22. The zero-order valence-corrected chi connectivity index (χ0v) is 17.6. The maximum Gasteiger partial charge on any atom is 0.337 e. The summed E-state index contributed by atoms with van der Waals surface area (Å²) < 4.78 is 35.8. The molecule has 30 heavy (non-hydrogen) atoms. The average Bonchev–Trinajstić information content (AvgIpc) is 2.73. The number of nitrogens with one attached hydrogen (secondary N) is 1. The molecule has 2 aromatic rings. The van der Waals surface area contributed by atoms with Gasteiger partial charge in [0.2, 0.25) is 15.9 Å². The van der Waals surface area contributed by atoms with Gasteiger partial charge in [-0.15, -0.1) is 0 Å². The van der Waals surface area contributed by atoms with Crippen molar-refractivity contribution in [2.24, 2.45) is 0 Å². The Morgan fingerprint density at radius 1 is 1.03 bits per heavy atom. The second-order valence-electron chi connectivity index (χ2n) is 6.26. The van der Waals surface area contributed by atoms with Gasteiger partial charge in [-0.25, -0.2) is 23.0 Å². The number of benzene rings is 1. The maximum atomic E-state index is 12.9. The third-order valence-electron chi connectivity index (χ3n) is 4.00. The van der Waals surface area contributed by atoms with Gasteiger partial charge in [0, 0.05) is 13.2 Å². The van der Waals surface area contributed by atoms with E-state index in [2.05, 4.69) is 19.8 Å². The highest BCUT2D eigenvalue weighted by Crippen LogP contribution is 2.20. The van der Waals surface area contributed by atoms with Gasteiger partial charge < -0.3 is 14.8 Å². The molecule has 0 saturated heterocycles. The Hall–Kier alpha value is -3.31. The maximum absolute atomic E-state index is 12.9. The lowest BCUT2D eigenvalue weighted by Crippen LogP contribution is -2.35. The van der Waals surface area contributed by atoms with E-state index < -0.39 is 34.4 Å². The summed E-state index contributed by atoms with van der Waals surface area (Å²) in [6, 6.07) is 6.61. The van der Waals surface area contributed by atoms with Crippen LogP contribution in [0.1, 0.15) is 26.3 Å². The minimum atomic E-state index is -4.22. The molecule has 10 nitrogen and oxygen atoms in total. The van der Waals surface area contributed by atoms with E-state index in [9.17, 15) is 22.8 Å². The largest absolute Gasteiger partial charge is 0.465 e. The molecule has 0 aliphatic heterocycles. The highest BCUT2D eigenvalue weighted by molar-refractivity contribution is 7.89. The number of likely N-dealkylation sites (N-methyl/N-ethyl adjacent to an activating group) is 1. The summed E-state index contributed by atoms with van der Waals surface area (Å²) in [5.74, 6) is -2.00. The van der Waals surface area contributed by atoms with Gasteiger partial charge in [0.1, 0.15) is 5.82 Å². The monoisotopic (exact) mass is 435 g/mol. The first-order valence-electron chi connectivity index (χ1n) is 8.59. The topological polar surface area (TPSA) is 132 Å². The molecule has 0 bridgehead atoms. The second kappa shape index (κ2) is 9.46. The quantitative estimate of drug-likeness (QED) is 0.642. The van der Waals surface area contributed by atoms with Crippen molar-refractivity contribution >= 4 is 33.7 Å². The van der Waals surface area contributed by atoms with E-state index in [0.29, 0.717) is 0 Å². The van der Waals surface area contributed by atoms with Crippen molar-refractivity contribution in [1.82, 2.24) is 9.29 Å². The second-order valence-corrected chi connectivity index (χ2v) is 8.30. The molecule has 0 radical (unpaired) electrons. The smallest absolute Gasteiger partial charge is 0.337 e. The Morgan fingerprint density at radius 3 is 2.07 bits per heavy atom. The summed E-state index contributed by atoms with van der Waals surface area (Å²) in [6.07, 6.45) is 1.56. The minimum Gasteiger partial charge on any atom is -0.465 e. The number of methoxy groups -OCH3 is 2. The molecule has 1 N–H and O–H groups in total. The van der Waals surface area contributed by atoms with Crippen LogP contribution in [0.25, 0.3) is 0 Å². The molecule has 2 rings (SSSR count). The number of carbonyl (C=O) groups excluding carboxylic acids is 3. The molecule has 1 aromatic heterocycles. The molecule has 1 aromatic carbocycles. The van der Waals surface area contributed by atoms with Crippen LogP contribution in [0.3, 0.4) is 0 Å².